The third kappa shape index (κ3) is 10.8. The van der Waals surface area contributed by atoms with Gasteiger partial charge in [0.05, 0.1) is 24.3 Å². The molecule has 0 saturated carbocycles. The van der Waals surface area contributed by atoms with Crippen LogP contribution in [0.5, 0.6) is 0 Å². The van der Waals surface area contributed by atoms with E-state index in [-0.39, 0.29) is 26.0 Å². The second kappa shape index (κ2) is 17.8. The van der Waals surface area contributed by atoms with Crippen LogP contribution in [0.4, 0.5) is 0 Å². The van der Waals surface area contributed by atoms with Crippen molar-refractivity contribution >= 4 is 23.5 Å². The highest BCUT2D eigenvalue weighted by Crippen LogP contribution is 2.61. The van der Waals surface area contributed by atoms with Crippen LogP contribution in [-0.4, -0.2) is 98.5 Å². The SMILES string of the molecule is C.C.Cn1cc([C@@H]2O[C@H](CO)C(O)[C@@H]2O)c(=O)n(C)c1=O.Cn1cc([C@@H]2O[C@H](COP(=O)([O-])OP(=O)([O-])OP(=O)([O-])O)C(O)[C@@H]2O)c(=O)n(C)c1=O. The van der Waals surface area contributed by atoms with Gasteiger partial charge in [-0.15, -0.1) is 0 Å². The van der Waals surface area contributed by atoms with Crippen LogP contribution in [0.25, 0.3) is 0 Å². The Hall–Kier alpha value is -2.51. The van der Waals surface area contributed by atoms with Gasteiger partial charge in [0.1, 0.15) is 48.8 Å². The van der Waals surface area contributed by atoms with E-state index in [1.807, 2.05) is 0 Å². The van der Waals surface area contributed by atoms with Gasteiger partial charge in [0.2, 0.25) is 0 Å². The summed E-state index contributed by atoms with van der Waals surface area (Å²) in [6.45, 7) is -1.61. The first kappa shape index (κ1) is 47.5. The zero-order chi connectivity index (χ0) is 38.3. The van der Waals surface area contributed by atoms with Crippen molar-refractivity contribution in [2.24, 2.45) is 28.2 Å². The highest BCUT2D eigenvalue weighted by atomic mass is 31.3. The molecule has 6 N–H and O–H groups in total. The fourth-order valence-electron chi connectivity index (χ4n) is 4.81. The van der Waals surface area contributed by atoms with Crippen LogP contribution in [-0.2, 0) is 64.5 Å². The lowest BCUT2D eigenvalue weighted by Gasteiger charge is -2.33. The van der Waals surface area contributed by atoms with E-state index in [2.05, 4.69) is 13.1 Å². The highest BCUT2D eigenvalue weighted by Gasteiger charge is 2.46. The molecule has 4 rings (SSSR count). The molecule has 4 heterocycles. The normalized spacial score (nSPS) is 29.0. The minimum atomic E-state index is -6.11. The van der Waals surface area contributed by atoms with E-state index in [1.54, 1.807) is 0 Å². The van der Waals surface area contributed by atoms with Gasteiger partial charge >= 0.3 is 11.4 Å². The minimum Gasteiger partial charge on any atom is -0.756 e. The van der Waals surface area contributed by atoms with Gasteiger partial charge in [-0.25, -0.2) is 18.2 Å². The van der Waals surface area contributed by atoms with Gasteiger partial charge in [0.25, 0.3) is 34.6 Å². The lowest BCUT2D eigenvalue weighted by Crippen LogP contribution is -2.40. The van der Waals surface area contributed by atoms with Gasteiger partial charge in [-0.3, -0.25) is 32.4 Å². The minimum absolute atomic E-state index is 0. The second-order valence-corrected chi connectivity index (χ2v) is 15.1. The first-order chi connectivity index (χ1) is 22.8. The molecule has 2 aliphatic rings. The standard InChI is InChI=1S/C11H19N2O15P3.C11H16N2O6.2CH4/c1-12-3-5(10(16)13(2)11(12)17)9-8(15)7(14)6(26-9)4-25-30(21,22)28-31(23,24)27-29(18,19)20;1-12-3-5(10(17)13(2)11(12)18)9-8(16)7(15)6(4-14)19-9;;/h3,6-9,14-15H,4H2,1-2H3,(H,21,22)(H,23,24)(H2,18,19,20);3,6-9,14-16H,4H2,1-2H3;2*1H4/p-3/t2*6-,7?,8+,9+;;/m11../s1. The Balaban J connectivity index is 0.000000554. The van der Waals surface area contributed by atoms with Crippen molar-refractivity contribution in [1.82, 2.24) is 18.3 Å². The van der Waals surface area contributed by atoms with Crippen LogP contribution in [0.3, 0.4) is 0 Å². The molecule has 0 aliphatic carbocycles. The smallest absolute Gasteiger partial charge is 0.330 e. The highest BCUT2D eigenvalue weighted by molar-refractivity contribution is 7.65. The fourth-order valence-corrected chi connectivity index (χ4v) is 7.71. The van der Waals surface area contributed by atoms with E-state index in [0.29, 0.717) is 4.57 Å². The van der Waals surface area contributed by atoms with Crippen molar-refractivity contribution in [3.63, 3.8) is 0 Å². The van der Waals surface area contributed by atoms with Crippen molar-refractivity contribution in [2.75, 3.05) is 13.2 Å². The first-order valence-corrected chi connectivity index (χ1v) is 18.1. The van der Waals surface area contributed by atoms with Crippen LogP contribution in [0.15, 0.2) is 31.6 Å². The molecule has 25 nitrogen and oxygen atoms in total. The largest absolute Gasteiger partial charge is 0.756 e. The molecular weight excluding hydrogens is 773 g/mol. The molecule has 300 valence electrons. The third-order valence-corrected chi connectivity index (χ3v) is 11.0. The van der Waals surface area contributed by atoms with E-state index in [0.717, 1.165) is 22.4 Å². The number of aliphatic hydroxyl groups is 5. The molecule has 2 saturated heterocycles. The van der Waals surface area contributed by atoms with Gasteiger partial charge in [-0.2, -0.15) is 0 Å². The number of phosphoric acid groups is 3. The van der Waals surface area contributed by atoms with E-state index in [9.17, 15) is 68.0 Å². The topological polar surface area (TPSA) is 376 Å². The first-order valence-electron chi connectivity index (χ1n) is 13.7. The van der Waals surface area contributed by atoms with Crippen molar-refractivity contribution in [1.29, 1.82) is 0 Å². The van der Waals surface area contributed by atoms with Gasteiger partial charge in [-0.1, -0.05) is 14.9 Å². The molecule has 0 bridgehead atoms. The molecule has 52 heavy (non-hydrogen) atoms. The average molecular weight is 814 g/mol. The number of aryl methyl sites for hydroxylation is 2. The van der Waals surface area contributed by atoms with Gasteiger partial charge in [0.15, 0.2) is 0 Å². The van der Waals surface area contributed by atoms with Crippen LogP contribution < -0.4 is 37.2 Å². The van der Waals surface area contributed by atoms with Crippen LogP contribution in [0.2, 0.25) is 0 Å². The quantitative estimate of drug-likeness (QED) is 0.122. The predicted octanol–water partition coefficient (Wildman–Crippen LogP) is -5.80. The van der Waals surface area contributed by atoms with E-state index in [4.69, 9.17) is 19.5 Å². The molecule has 0 amide bonds. The molecule has 5 unspecified atom stereocenters. The Bertz CT molecular complexity index is 1950. The molecule has 28 heteroatoms. The molecule has 2 fully saturated rings. The summed E-state index contributed by atoms with van der Waals surface area (Å²) < 4.78 is 58.1. The molecule has 0 aromatic carbocycles. The summed E-state index contributed by atoms with van der Waals surface area (Å²) in [5.41, 5.74) is -2.85. The Kier molecular flexibility index (Phi) is 16.2. The second-order valence-electron chi connectivity index (χ2n) is 10.8. The number of ether oxygens (including phenoxy) is 2. The Labute approximate surface area is 293 Å². The summed E-state index contributed by atoms with van der Waals surface area (Å²) >= 11 is 0. The summed E-state index contributed by atoms with van der Waals surface area (Å²) in [6.07, 6.45) is -9.10. The Morgan fingerprint density at radius 2 is 1.08 bits per heavy atom. The Morgan fingerprint density at radius 3 is 1.44 bits per heavy atom. The fraction of sp³-hybridized carbons (Fsp3) is 0.667. The van der Waals surface area contributed by atoms with Crippen molar-refractivity contribution in [3.05, 3.63) is 65.2 Å². The summed E-state index contributed by atoms with van der Waals surface area (Å²) in [5, 5.41) is 48.7. The van der Waals surface area contributed by atoms with Crippen LogP contribution in [0, 0.1) is 0 Å². The maximum absolute atomic E-state index is 12.3. The lowest BCUT2D eigenvalue weighted by molar-refractivity contribution is -0.250. The summed E-state index contributed by atoms with van der Waals surface area (Å²) in [5.74, 6) is 0. The zero-order valence-electron chi connectivity index (χ0n) is 26.1. The van der Waals surface area contributed by atoms with Gasteiger partial charge < -0.3 is 68.2 Å². The van der Waals surface area contributed by atoms with Crippen molar-refractivity contribution in [3.8, 4) is 0 Å². The molecule has 2 aliphatic heterocycles. The third-order valence-electron chi connectivity index (χ3n) is 7.26. The number of aromatic nitrogens is 4. The lowest BCUT2D eigenvalue weighted by atomic mass is 10.0. The summed E-state index contributed by atoms with van der Waals surface area (Å²) in [7, 11) is -12.6. The van der Waals surface area contributed by atoms with Crippen molar-refractivity contribution in [2.45, 2.75) is 63.7 Å². The number of hydrogen-bond acceptors (Lipinski definition) is 20. The summed E-state index contributed by atoms with van der Waals surface area (Å²) in [6, 6.07) is 0. The predicted molar refractivity (Wildman–Crippen MR) is 167 cm³/mol. The number of hydrogen-bond donors (Lipinski definition) is 6. The maximum atomic E-state index is 12.3. The number of rotatable bonds is 10. The van der Waals surface area contributed by atoms with E-state index in [1.165, 1.54) is 31.9 Å². The maximum Gasteiger partial charge on any atom is 0.330 e. The zero-order valence-corrected chi connectivity index (χ0v) is 28.8. The van der Waals surface area contributed by atoms with Gasteiger partial charge in [-0.05, 0) is 0 Å². The monoisotopic (exact) mass is 813 g/mol. The molecule has 11 atom stereocenters. The van der Waals surface area contributed by atoms with Crippen LogP contribution in [0.1, 0.15) is 38.2 Å². The average Bonchev–Trinajstić information content (AvgIpc) is 3.45. The molecular formula is C24H40N4O21P3-3. The van der Waals surface area contributed by atoms with Crippen molar-refractivity contribution < 1.29 is 81.4 Å². The van der Waals surface area contributed by atoms with E-state index < -0.39 is 108 Å². The number of nitrogens with zero attached hydrogens (tertiary/aromatic N) is 4. The molecule has 2 aromatic rings. The molecule has 0 spiro atoms. The van der Waals surface area contributed by atoms with Gasteiger partial charge in [0, 0.05) is 40.6 Å². The van der Waals surface area contributed by atoms with Crippen LogP contribution >= 0.6 is 23.5 Å². The Morgan fingerprint density at radius 1 is 0.692 bits per heavy atom. The molecule has 2 aromatic heterocycles. The number of phosphoric ester groups is 1. The van der Waals surface area contributed by atoms with E-state index >= 15 is 0 Å². The summed E-state index contributed by atoms with van der Waals surface area (Å²) in [4.78, 5) is 89.0. The molecule has 0 radical (unpaired) electrons. The number of aliphatic hydroxyl groups excluding tert-OH is 5.